The lowest BCUT2D eigenvalue weighted by Crippen LogP contribution is -2.28. The third-order valence-electron chi connectivity index (χ3n) is 1.48. The molecule has 4 heteroatoms. The quantitative estimate of drug-likeness (QED) is 0.527. The summed E-state index contributed by atoms with van der Waals surface area (Å²) in [5.41, 5.74) is 5.21. The van der Waals surface area contributed by atoms with Crippen LogP contribution in [0.15, 0.2) is 0 Å². The first-order valence-electron chi connectivity index (χ1n) is 4.28. The summed E-state index contributed by atoms with van der Waals surface area (Å²) in [6.45, 7) is 2.18. The second-order valence-corrected chi connectivity index (χ2v) is 3.05. The van der Waals surface area contributed by atoms with Crippen LogP contribution in [-0.4, -0.2) is 44.5 Å². The summed E-state index contributed by atoms with van der Waals surface area (Å²) in [6.07, 6.45) is 1.42. The molecular formula is C8H19N3O. The Balaban J connectivity index is 3.14. The lowest BCUT2D eigenvalue weighted by atomic mass is 10.3. The van der Waals surface area contributed by atoms with E-state index in [1.54, 1.807) is 0 Å². The first kappa shape index (κ1) is 11.4. The van der Waals surface area contributed by atoms with Gasteiger partial charge in [-0.15, -0.1) is 0 Å². The molecule has 0 aromatic heterocycles. The topological polar surface area (TPSA) is 58.4 Å². The Hall–Kier alpha value is -0.610. The number of hydrogen-bond acceptors (Lipinski definition) is 3. The minimum absolute atomic E-state index is 0.0521. The van der Waals surface area contributed by atoms with Crippen LogP contribution in [0, 0.1) is 0 Å². The Morgan fingerprint density at radius 1 is 1.50 bits per heavy atom. The number of amides is 1. The number of carbonyl (C=O) groups is 1. The summed E-state index contributed by atoms with van der Waals surface area (Å²) in [4.78, 5) is 13.0. The molecule has 0 aromatic rings. The highest BCUT2D eigenvalue weighted by atomic mass is 16.1. The molecule has 1 amide bonds. The van der Waals surface area contributed by atoms with Crippen molar-refractivity contribution in [2.24, 2.45) is 5.73 Å². The van der Waals surface area contributed by atoms with Gasteiger partial charge in [-0.2, -0.15) is 0 Å². The zero-order chi connectivity index (χ0) is 9.40. The van der Waals surface area contributed by atoms with E-state index >= 15 is 0 Å². The Kier molecular flexibility index (Phi) is 6.70. The summed E-state index contributed by atoms with van der Waals surface area (Å²) >= 11 is 0. The minimum atomic E-state index is 0.0521. The summed E-state index contributed by atoms with van der Waals surface area (Å²) in [6, 6.07) is 0. The normalized spacial score (nSPS) is 10.3. The van der Waals surface area contributed by atoms with Crippen molar-refractivity contribution in [2.45, 2.75) is 12.8 Å². The second-order valence-electron chi connectivity index (χ2n) is 3.05. The van der Waals surface area contributed by atoms with E-state index in [1.807, 2.05) is 14.1 Å². The van der Waals surface area contributed by atoms with Crippen molar-refractivity contribution < 1.29 is 4.79 Å². The second kappa shape index (κ2) is 7.06. The summed E-state index contributed by atoms with van der Waals surface area (Å²) < 4.78 is 0. The van der Waals surface area contributed by atoms with Gasteiger partial charge in [0.1, 0.15) is 0 Å². The van der Waals surface area contributed by atoms with Gasteiger partial charge in [-0.05, 0) is 27.1 Å². The molecule has 0 aliphatic carbocycles. The zero-order valence-electron chi connectivity index (χ0n) is 7.97. The van der Waals surface area contributed by atoms with Crippen LogP contribution >= 0.6 is 0 Å². The predicted octanol–water partition coefficient (Wildman–Crippen LogP) is -0.597. The number of rotatable bonds is 6. The summed E-state index contributed by atoms with van der Waals surface area (Å²) in [5, 5.41) is 2.79. The van der Waals surface area contributed by atoms with Gasteiger partial charge in [-0.1, -0.05) is 0 Å². The smallest absolute Gasteiger partial charge is 0.221 e. The molecule has 0 unspecified atom stereocenters. The van der Waals surface area contributed by atoms with Gasteiger partial charge >= 0.3 is 0 Å². The molecule has 12 heavy (non-hydrogen) atoms. The molecule has 0 atom stereocenters. The first-order valence-corrected chi connectivity index (χ1v) is 4.28. The molecule has 0 aliphatic heterocycles. The lowest BCUT2D eigenvalue weighted by molar-refractivity contribution is -0.120. The fourth-order valence-electron chi connectivity index (χ4n) is 0.843. The number of hydrogen-bond donors (Lipinski definition) is 2. The van der Waals surface area contributed by atoms with E-state index in [1.165, 1.54) is 0 Å². The molecule has 0 rings (SSSR count). The minimum Gasteiger partial charge on any atom is -0.356 e. The zero-order valence-corrected chi connectivity index (χ0v) is 7.97. The van der Waals surface area contributed by atoms with Crippen molar-refractivity contribution in [3.63, 3.8) is 0 Å². The standard InChI is InChI=1S/C8H19N3O/c1-11(2)7-3-6-10-8(12)4-5-9/h3-7,9H2,1-2H3,(H,10,12). The molecule has 0 radical (unpaired) electrons. The van der Waals surface area contributed by atoms with Gasteiger partial charge in [0.2, 0.25) is 5.91 Å². The van der Waals surface area contributed by atoms with E-state index in [2.05, 4.69) is 10.2 Å². The number of nitrogens with zero attached hydrogens (tertiary/aromatic N) is 1. The van der Waals surface area contributed by atoms with Crippen LogP contribution in [-0.2, 0) is 4.79 Å². The van der Waals surface area contributed by atoms with Crippen molar-refractivity contribution in [3.8, 4) is 0 Å². The van der Waals surface area contributed by atoms with E-state index < -0.39 is 0 Å². The van der Waals surface area contributed by atoms with Gasteiger partial charge in [-0.3, -0.25) is 4.79 Å². The SMILES string of the molecule is CN(C)CCCNC(=O)CCN. The maximum atomic E-state index is 10.9. The third kappa shape index (κ3) is 7.50. The molecule has 0 heterocycles. The average Bonchev–Trinajstić information content (AvgIpc) is 1.98. The fraction of sp³-hybridized carbons (Fsp3) is 0.875. The highest BCUT2D eigenvalue weighted by Crippen LogP contribution is 1.81. The highest BCUT2D eigenvalue weighted by molar-refractivity contribution is 5.75. The van der Waals surface area contributed by atoms with Crippen LogP contribution in [0.4, 0.5) is 0 Å². The molecule has 0 saturated carbocycles. The van der Waals surface area contributed by atoms with Gasteiger partial charge in [0.25, 0.3) is 0 Å². The lowest BCUT2D eigenvalue weighted by Gasteiger charge is -2.09. The van der Waals surface area contributed by atoms with Gasteiger partial charge in [0.15, 0.2) is 0 Å². The Morgan fingerprint density at radius 2 is 2.17 bits per heavy atom. The van der Waals surface area contributed by atoms with Crippen LogP contribution in [0.25, 0.3) is 0 Å². The number of nitrogens with two attached hydrogens (primary N) is 1. The number of nitrogens with one attached hydrogen (secondary N) is 1. The van der Waals surface area contributed by atoms with Crippen LogP contribution < -0.4 is 11.1 Å². The van der Waals surface area contributed by atoms with Crippen molar-refractivity contribution in [3.05, 3.63) is 0 Å². The maximum absolute atomic E-state index is 10.9. The van der Waals surface area contributed by atoms with Crippen LogP contribution in [0.5, 0.6) is 0 Å². The van der Waals surface area contributed by atoms with Gasteiger partial charge in [0, 0.05) is 19.5 Å². The van der Waals surface area contributed by atoms with E-state index in [0.29, 0.717) is 13.0 Å². The van der Waals surface area contributed by atoms with Crippen LogP contribution in [0.3, 0.4) is 0 Å². The highest BCUT2D eigenvalue weighted by Gasteiger charge is 1.97. The first-order chi connectivity index (χ1) is 5.66. The monoisotopic (exact) mass is 173 g/mol. The summed E-state index contributed by atoms with van der Waals surface area (Å²) in [7, 11) is 4.03. The third-order valence-corrected chi connectivity index (χ3v) is 1.48. The Labute approximate surface area is 74.1 Å². The van der Waals surface area contributed by atoms with Crippen LogP contribution in [0.2, 0.25) is 0 Å². The van der Waals surface area contributed by atoms with Crippen molar-refractivity contribution in [2.75, 3.05) is 33.7 Å². The molecule has 0 saturated heterocycles. The molecule has 0 bridgehead atoms. The molecule has 0 spiro atoms. The van der Waals surface area contributed by atoms with E-state index in [-0.39, 0.29) is 5.91 Å². The molecule has 0 aromatic carbocycles. The van der Waals surface area contributed by atoms with Crippen molar-refractivity contribution >= 4 is 5.91 Å². The van der Waals surface area contributed by atoms with Gasteiger partial charge in [-0.25, -0.2) is 0 Å². The van der Waals surface area contributed by atoms with Crippen LogP contribution in [0.1, 0.15) is 12.8 Å². The van der Waals surface area contributed by atoms with E-state index in [0.717, 1.165) is 19.5 Å². The van der Waals surface area contributed by atoms with Crippen molar-refractivity contribution in [1.82, 2.24) is 10.2 Å². The number of carbonyl (C=O) groups excluding carboxylic acids is 1. The molecular weight excluding hydrogens is 154 g/mol. The van der Waals surface area contributed by atoms with E-state index in [9.17, 15) is 4.79 Å². The molecule has 0 aliphatic rings. The van der Waals surface area contributed by atoms with Gasteiger partial charge in [0.05, 0.1) is 0 Å². The fourth-order valence-corrected chi connectivity index (χ4v) is 0.843. The Morgan fingerprint density at radius 3 is 2.67 bits per heavy atom. The molecule has 3 N–H and O–H groups in total. The van der Waals surface area contributed by atoms with Gasteiger partial charge < -0.3 is 16.0 Å². The molecule has 0 fully saturated rings. The molecule has 72 valence electrons. The molecule has 4 nitrogen and oxygen atoms in total. The van der Waals surface area contributed by atoms with E-state index in [4.69, 9.17) is 5.73 Å². The Bertz CT molecular complexity index is 125. The predicted molar refractivity (Wildman–Crippen MR) is 49.9 cm³/mol. The van der Waals surface area contributed by atoms with Crippen molar-refractivity contribution in [1.29, 1.82) is 0 Å². The average molecular weight is 173 g/mol. The largest absolute Gasteiger partial charge is 0.356 e. The summed E-state index contributed by atoms with van der Waals surface area (Å²) in [5.74, 6) is 0.0521. The maximum Gasteiger partial charge on any atom is 0.221 e.